The van der Waals surface area contributed by atoms with Gasteiger partial charge in [-0.05, 0) is 56.9 Å². The van der Waals surface area contributed by atoms with Gasteiger partial charge in [-0.3, -0.25) is 9.59 Å². The van der Waals surface area contributed by atoms with Gasteiger partial charge in [0.1, 0.15) is 18.0 Å². The van der Waals surface area contributed by atoms with Gasteiger partial charge in [0, 0.05) is 35.6 Å². The molecule has 168 valence electrons. The molecule has 6 heteroatoms. The van der Waals surface area contributed by atoms with Crippen LogP contribution in [-0.4, -0.2) is 48.2 Å². The fourth-order valence-electron chi connectivity index (χ4n) is 7.84. The Labute approximate surface area is 180 Å². The Morgan fingerprint density at radius 3 is 2.50 bits per heavy atom. The fourth-order valence-corrected chi connectivity index (χ4v) is 7.84. The number of rotatable bonds is 4. The van der Waals surface area contributed by atoms with Gasteiger partial charge in [0.25, 0.3) is 0 Å². The fraction of sp³-hybridized carbons (Fsp3) is 0.875. The number of carbonyl (C=O) groups excluding carboxylic acids is 2. The van der Waals surface area contributed by atoms with Crippen molar-refractivity contribution in [3.05, 3.63) is 0 Å². The summed E-state index contributed by atoms with van der Waals surface area (Å²) in [5.41, 5.74) is -2.24. The van der Waals surface area contributed by atoms with Gasteiger partial charge >= 0.3 is 0 Å². The van der Waals surface area contributed by atoms with E-state index < -0.39 is 16.4 Å². The van der Waals surface area contributed by atoms with Crippen LogP contribution in [0.1, 0.15) is 72.6 Å². The van der Waals surface area contributed by atoms with E-state index in [1.54, 1.807) is 0 Å². The summed E-state index contributed by atoms with van der Waals surface area (Å²) in [5, 5.41) is 19.5. The predicted molar refractivity (Wildman–Crippen MR) is 115 cm³/mol. The lowest BCUT2D eigenvalue weighted by Gasteiger charge is -2.65. The Kier molecular flexibility index (Phi) is 5.21. The lowest BCUT2D eigenvalue weighted by atomic mass is 9.39. The van der Waals surface area contributed by atoms with Crippen molar-refractivity contribution in [3.63, 3.8) is 0 Å². The topological polar surface area (TPSA) is 88.0 Å². The quantitative estimate of drug-likeness (QED) is 0.541. The number of Topliss-reactive ketones (excluding diaryl/α,β-unsaturated/α-hetero) is 2. The van der Waals surface area contributed by atoms with Crippen LogP contribution >= 0.6 is 0 Å². The SMILES string of the molecule is CNCCO/N=C1\CC[C@]2(C)[C@H]3CC[C@]4(C)C(=O)CC[C@H]4[C@@H]3CC(=O)[C@@]2(O)C1(C)C. The van der Waals surface area contributed by atoms with Crippen LogP contribution in [0.5, 0.6) is 0 Å². The number of hydrogen-bond acceptors (Lipinski definition) is 6. The highest BCUT2D eigenvalue weighted by molar-refractivity contribution is 6.02. The van der Waals surface area contributed by atoms with E-state index in [4.69, 9.17) is 4.84 Å². The molecule has 0 unspecified atom stereocenters. The van der Waals surface area contributed by atoms with Gasteiger partial charge in [-0.1, -0.05) is 32.9 Å². The van der Waals surface area contributed by atoms with Crippen molar-refractivity contribution in [2.45, 2.75) is 78.2 Å². The Morgan fingerprint density at radius 1 is 1.07 bits per heavy atom. The van der Waals surface area contributed by atoms with Crippen LogP contribution < -0.4 is 5.32 Å². The van der Waals surface area contributed by atoms with E-state index >= 15 is 0 Å². The van der Waals surface area contributed by atoms with E-state index in [2.05, 4.69) is 24.3 Å². The minimum Gasteiger partial charge on any atom is -0.394 e. The lowest BCUT2D eigenvalue weighted by molar-refractivity contribution is -0.217. The third kappa shape index (κ3) is 2.65. The van der Waals surface area contributed by atoms with Gasteiger partial charge in [-0.2, -0.15) is 0 Å². The summed E-state index contributed by atoms with van der Waals surface area (Å²) < 4.78 is 0. The maximum absolute atomic E-state index is 13.7. The number of hydrogen-bond donors (Lipinski definition) is 2. The molecule has 6 nitrogen and oxygen atoms in total. The van der Waals surface area contributed by atoms with Crippen LogP contribution in [0.15, 0.2) is 5.16 Å². The van der Waals surface area contributed by atoms with Crippen molar-refractivity contribution in [2.75, 3.05) is 20.2 Å². The second-order valence-electron chi connectivity index (χ2n) is 11.1. The Bertz CT molecular complexity index is 777. The number of likely N-dealkylation sites (N-methyl/N-ethyl adjacent to an activating group) is 1. The molecule has 2 N–H and O–H groups in total. The molecule has 0 heterocycles. The summed E-state index contributed by atoms with van der Waals surface area (Å²) in [5.74, 6) is 1.05. The number of ketones is 2. The molecule has 0 amide bonds. The van der Waals surface area contributed by atoms with E-state index in [-0.39, 0.29) is 29.0 Å². The van der Waals surface area contributed by atoms with Gasteiger partial charge in [-0.15, -0.1) is 0 Å². The zero-order valence-electron chi connectivity index (χ0n) is 19.2. The molecule has 4 fully saturated rings. The van der Waals surface area contributed by atoms with Gasteiger partial charge in [-0.25, -0.2) is 0 Å². The standard InChI is InChI=1S/C24H38N2O4/c1-21(2)18(26-30-13-12-25-5)9-11-23(4)17-8-10-22(3)16(6-7-19(22)27)15(17)14-20(28)24(21,23)29/h15-17,25,29H,6-14H2,1-5H3/b26-18+/t15-,16-,17-,22-,23+,24+/m0/s1. The van der Waals surface area contributed by atoms with Crippen molar-refractivity contribution in [1.29, 1.82) is 0 Å². The minimum atomic E-state index is -1.46. The first-order valence-electron chi connectivity index (χ1n) is 11.7. The first-order chi connectivity index (χ1) is 14.0. The van der Waals surface area contributed by atoms with Crippen LogP contribution in [0.3, 0.4) is 0 Å². The first kappa shape index (κ1) is 21.9. The summed E-state index contributed by atoms with van der Waals surface area (Å²) in [4.78, 5) is 31.8. The van der Waals surface area contributed by atoms with E-state index in [1.807, 2.05) is 20.9 Å². The Hall–Kier alpha value is -1.27. The molecule has 0 radical (unpaired) electrons. The molecule has 30 heavy (non-hydrogen) atoms. The molecule has 4 saturated carbocycles. The summed E-state index contributed by atoms with van der Waals surface area (Å²) in [6.07, 6.45) is 5.16. The second-order valence-corrected chi connectivity index (χ2v) is 11.1. The van der Waals surface area contributed by atoms with Crippen molar-refractivity contribution < 1.29 is 19.5 Å². The van der Waals surface area contributed by atoms with Gasteiger partial charge in [0.05, 0.1) is 5.71 Å². The number of oxime groups is 1. The number of nitrogens with zero attached hydrogens (tertiary/aromatic N) is 1. The molecule has 0 aromatic carbocycles. The van der Waals surface area contributed by atoms with Crippen molar-refractivity contribution in [1.82, 2.24) is 5.32 Å². The van der Waals surface area contributed by atoms with Crippen LogP contribution in [0.4, 0.5) is 0 Å². The van der Waals surface area contributed by atoms with E-state index in [9.17, 15) is 14.7 Å². The van der Waals surface area contributed by atoms with E-state index in [1.165, 1.54) is 0 Å². The second kappa shape index (κ2) is 7.13. The molecule has 4 aliphatic carbocycles. The third-order valence-corrected chi connectivity index (χ3v) is 9.74. The van der Waals surface area contributed by atoms with Crippen molar-refractivity contribution in [2.24, 2.45) is 39.2 Å². The normalized spacial score (nSPS) is 46.3. The molecule has 0 aromatic rings. The number of nitrogens with one attached hydrogen (secondary N) is 1. The van der Waals surface area contributed by atoms with Crippen LogP contribution in [0.2, 0.25) is 0 Å². The molecular weight excluding hydrogens is 380 g/mol. The molecule has 0 aliphatic heterocycles. The average molecular weight is 419 g/mol. The average Bonchev–Trinajstić information content (AvgIpc) is 2.99. The van der Waals surface area contributed by atoms with Gasteiger partial charge < -0.3 is 15.3 Å². The largest absolute Gasteiger partial charge is 0.394 e. The maximum atomic E-state index is 13.7. The summed E-state index contributed by atoms with van der Waals surface area (Å²) in [7, 11) is 1.86. The lowest BCUT2D eigenvalue weighted by Crippen LogP contribution is -2.73. The smallest absolute Gasteiger partial charge is 0.166 e. The highest BCUT2D eigenvalue weighted by atomic mass is 16.6. The van der Waals surface area contributed by atoms with E-state index in [0.29, 0.717) is 31.8 Å². The molecule has 0 bridgehead atoms. The first-order valence-corrected chi connectivity index (χ1v) is 11.7. The van der Waals surface area contributed by atoms with Crippen LogP contribution in [0.25, 0.3) is 0 Å². The highest BCUT2D eigenvalue weighted by Gasteiger charge is 2.72. The molecule has 0 spiro atoms. The third-order valence-electron chi connectivity index (χ3n) is 9.74. The van der Waals surface area contributed by atoms with Crippen LogP contribution in [0, 0.1) is 34.0 Å². The zero-order valence-corrected chi connectivity index (χ0v) is 19.2. The minimum absolute atomic E-state index is 0.0672. The molecular formula is C24H38N2O4. The van der Waals surface area contributed by atoms with Crippen molar-refractivity contribution in [3.8, 4) is 0 Å². The van der Waals surface area contributed by atoms with Crippen molar-refractivity contribution >= 4 is 17.3 Å². The number of aliphatic hydroxyl groups is 1. The summed E-state index contributed by atoms with van der Waals surface area (Å²) in [6, 6.07) is 0. The Morgan fingerprint density at radius 2 is 1.80 bits per heavy atom. The van der Waals surface area contributed by atoms with Crippen LogP contribution in [-0.2, 0) is 14.4 Å². The molecule has 0 aromatic heterocycles. The molecule has 4 rings (SSSR count). The summed E-state index contributed by atoms with van der Waals surface area (Å²) >= 11 is 0. The number of fused-ring (bicyclic) bond motifs is 5. The zero-order chi connectivity index (χ0) is 21.9. The maximum Gasteiger partial charge on any atom is 0.166 e. The molecule has 4 aliphatic rings. The van der Waals surface area contributed by atoms with Gasteiger partial charge in [0.15, 0.2) is 5.78 Å². The Balaban J connectivity index is 1.68. The predicted octanol–water partition coefficient (Wildman–Crippen LogP) is 3.12. The number of carbonyl (C=O) groups is 2. The highest BCUT2D eigenvalue weighted by Crippen LogP contribution is 2.68. The van der Waals surface area contributed by atoms with Gasteiger partial charge in [0.2, 0.25) is 0 Å². The molecule has 6 atom stereocenters. The monoisotopic (exact) mass is 418 g/mol. The summed E-state index contributed by atoms with van der Waals surface area (Å²) in [6.45, 7) is 9.31. The molecule has 0 saturated heterocycles. The van der Waals surface area contributed by atoms with E-state index in [0.717, 1.165) is 37.8 Å².